The van der Waals surface area contributed by atoms with Crippen LogP contribution in [0.15, 0.2) is 89.9 Å². The molecule has 2 aromatic carbocycles. The van der Waals surface area contributed by atoms with Crippen molar-refractivity contribution < 1.29 is 4.79 Å². The summed E-state index contributed by atoms with van der Waals surface area (Å²) in [4.78, 5) is 29.7. The highest BCUT2D eigenvalue weighted by molar-refractivity contribution is 6.09. The van der Waals surface area contributed by atoms with E-state index >= 15 is 0 Å². The molecule has 0 bridgehead atoms. The number of rotatable bonds is 4. The quantitative estimate of drug-likeness (QED) is 0.574. The highest BCUT2D eigenvalue weighted by Crippen LogP contribution is 2.31. The Balaban J connectivity index is 1.92. The molecule has 2 aromatic heterocycles. The minimum absolute atomic E-state index is 0.00861. The average Bonchev–Trinajstić information content (AvgIpc) is 2.75. The minimum atomic E-state index is -0.563. The summed E-state index contributed by atoms with van der Waals surface area (Å²) in [5.74, 6) is -0.178. The predicted molar refractivity (Wildman–Crippen MR) is 108 cm³/mol. The molecule has 0 saturated heterocycles. The number of amides is 1. The molecule has 6 heteroatoms. The van der Waals surface area contributed by atoms with E-state index in [1.807, 2.05) is 60.7 Å². The Hall–Kier alpha value is -4.06. The molecule has 0 aliphatic carbocycles. The van der Waals surface area contributed by atoms with Crippen molar-refractivity contribution in [1.82, 2.24) is 15.2 Å². The second kappa shape index (κ2) is 7.67. The molecule has 6 nitrogen and oxygen atoms in total. The number of hydrogen-bond donors (Lipinski definition) is 2. The van der Waals surface area contributed by atoms with Gasteiger partial charge in [0.25, 0.3) is 11.5 Å². The van der Waals surface area contributed by atoms with Crippen molar-refractivity contribution in [2.45, 2.75) is 0 Å². The molecule has 1 amide bonds. The number of aromatic nitrogens is 3. The summed E-state index contributed by atoms with van der Waals surface area (Å²) in [5, 5.41) is 9.39. The van der Waals surface area contributed by atoms with E-state index in [1.54, 1.807) is 24.4 Å². The maximum Gasteiger partial charge on any atom is 0.277 e. The summed E-state index contributed by atoms with van der Waals surface area (Å²) in [6, 6.07) is 23.9. The molecule has 4 rings (SSSR count). The number of aromatic amines is 1. The minimum Gasteiger partial charge on any atom is -0.306 e. The van der Waals surface area contributed by atoms with Gasteiger partial charge in [-0.05, 0) is 17.7 Å². The Labute approximate surface area is 160 Å². The summed E-state index contributed by atoms with van der Waals surface area (Å²) in [7, 11) is 0. The second-order valence-electron chi connectivity index (χ2n) is 6.05. The van der Waals surface area contributed by atoms with Crippen LogP contribution in [0.25, 0.3) is 22.4 Å². The topological polar surface area (TPSA) is 87.7 Å². The monoisotopic (exact) mass is 368 g/mol. The lowest BCUT2D eigenvalue weighted by Crippen LogP contribution is -2.26. The predicted octanol–water partition coefficient (Wildman–Crippen LogP) is 3.75. The summed E-state index contributed by atoms with van der Waals surface area (Å²) < 4.78 is 0. The van der Waals surface area contributed by atoms with Gasteiger partial charge in [-0.2, -0.15) is 5.10 Å². The van der Waals surface area contributed by atoms with E-state index in [0.717, 1.165) is 11.1 Å². The van der Waals surface area contributed by atoms with Crippen molar-refractivity contribution in [3.05, 3.63) is 101 Å². The van der Waals surface area contributed by atoms with E-state index in [1.165, 1.54) is 0 Å². The second-order valence-corrected chi connectivity index (χ2v) is 6.05. The molecule has 2 heterocycles. The van der Waals surface area contributed by atoms with Gasteiger partial charge in [-0.25, -0.2) is 10.1 Å². The normalized spacial score (nSPS) is 10.4. The molecule has 2 N–H and O–H groups in total. The zero-order chi connectivity index (χ0) is 19.3. The van der Waals surface area contributed by atoms with Crippen LogP contribution in [0.2, 0.25) is 0 Å². The molecule has 0 unspecified atom stereocenters. The summed E-state index contributed by atoms with van der Waals surface area (Å²) in [5.41, 5.74) is 1.95. The first-order chi connectivity index (χ1) is 13.7. The van der Waals surface area contributed by atoms with E-state index < -0.39 is 11.5 Å². The molecule has 0 atom stereocenters. The highest BCUT2D eigenvalue weighted by atomic mass is 16.2. The first-order valence-corrected chi connectivity index (χ1v) is 8.70. The lowest BCUT2D eigenvalue weighted by Gasteiger charge is -2.13. The van der Waals surface area contributed by atoms with Crippen LogP contribution < -0.4 is 10.9 Å². The van der Waals surface area contributed by atoms with Crippen molar-refractivity contribution in [2.75, 3.05) is 5.32 Å². The summed E-state index contributed by atoms with van der Waals surface area (Å²) in [6.45, 7) is 0. The van der Waals surface area contributed by atoms with Crippen molar-refractivity contribution >= 4 is 11.7 Å². The Morgan fingerprint density at radius 3 is 2.11 bits per heavy atom. The smallest absolute Gasteiger partial charge is 0.277 e. The molecule has 0 radical (unpaired) electrons. The van der Waals surface area contributed by atoms with Gasteiger partial charge in [0.05, 0.1) is 5.69 Å². The third kappa shape index (κ3) is 3.43. The van der Waals surface area contributed by atoms with E-state index in [0.29, 0.717) is 17.1 Å². The van der Waals surface area contributed by atoms with Crippen molar-refractivity contribution in [1.29, 1.82) is 0 Å². The number of carbonyl (C=O) groups excluding carboxylic acids is 1. The number of hydrogen-bond acceptors (Lipinski definition) is 4. The van der Waals surface area contributed by atoms with Crippen LogP contribution in [0.1, 0.15) is 10.4 Å². The third-order valence-corrected chi connectivity index (χ3v) is 4.23. The molecule has 0 saturated carbocycles. The van der Waals surface area contributed by atoms with Crippen molar-refractivity contribution in [3.63, 3.8) is 0 Å². The number of nitrogens with zero attached hydrogens (tertiary/aromatic N) is 2. The number of benzene rings is 2. The zero-order valence-corrected chi connectivity index (χ0v) is 14.8. The van der Waals surface area contributed by atoms with Gasteiger partial charge >= 0.3 is 0 Å². The fraction of sp³-hybridized carbons (Fsp3) is 0. The number of nitrogens with one attached hydrogen (secondary N) is 2. The van der Waals surface area contributed by atoms with E-state index in [2.05, 4.69) is 20.5 Å². The van der Waals surface area contributed by atoms with Gasteiger partial charge in [0.15, 0.2) is 0 Å². The maximum absolute atomic E-state index is 13.0. The zero-order valence-electron chi connectivity index (χ0n) is 14.8. The van der Waals surface area contributed by atoms with Gasteiger partial charge in [-0.3, -0.25) is 9.59 Å². The molecule has 0 spiro atoms. The van der Waals surface area contributed by atoms with E-state index in [-0.39, 0.29) is 5.56 Å². The van der Waals surface area contributed by atoms with E-state index in [9.17, 15) is 9.59 Å². The molecule has 0 aliphatic rings. The van der Waals surface area contributed by atoms with Gasteiger partial charge in [0.2, 0.25) is 0 Å². The molecule has 28 heavy (non-hydrogen) atoms. The van der Waals surface area contributed by atoms with Crippen LogP contribution in [-0.2, 0) is 0 Å². The number of anilines is 1. The highest BCUT2D eigenvalue weighted by Gasteiger charge is 2.23. The van der Waals surface area contributed by atoms with Crippen LogP contribution >= 0.6 is 0 Å². The van der Waals surface area contributed by atoms with Crippen LogP contribution in [0.5, 0.6) is 0 Å². The number of H-pyrrole nitrogens is 1. The van der Waals surface area contributed by atoms with Gasteiger partial charge in [0, 0.05) is 17.3 Å². The first-order valence-electron chi connectivity index (χ1n) is 8.70. The van der Waals surface area contributed by atoms with Gasteiger partial charge in [0.1, 0.15) is 11.4 Å². The number of pyridine rings is 1. The molecule has 0 aliphatic heterocycles. The van der Waals surface area contributed by atoms with Crippen molar-refractivity contribution in [3.8, 4) is 22.4 Å². The molecule has 4 aromatic rings. The summed E-state index contributed by atoms with van der Waals surface area (Å²) >= 11 is 0. The third-order valence-electron chi connectivity index (χ3n) is 4.23. The lowest BCUT2D eigenvalue weighted by atomic mass is 9.95. The molecule has 0 fully saturated rings. The van der Waals surface area contributed by atoms with Crippen LogP contribution in [-0.4, -0.2) is 21.1 Å². The largest absolute Gasteiger partial charge is 0.306 e. The molecule has 136 valence electrons. The average molecular weight is 368 g/mol. The Morgan fingerprint density at radius 1 is 0.821 bits per heavy atom. The fourth-order valence-electron chi connectivity index (χ4n) is 2.97. The van der Waals surface area contributed by atoms with Gasteiger partial charge in [-0.15, -0.1) is 0 Å². The standard InChI is InChI=1S/C22H16N4O2/c27-21(24-17-13-7-8-14-23-17)19-18(15-9-3-1-4-10-15)20(25-26-22(19)28)16-11-5-2-6-12-16/h1-14H,(H,26,28)(H,23,24,27). The summed E-state index contributed by atoms with van der Waals surface area (Å²) in [6.07, 6.45) is 1.57. The fourth-order valence-corrected chi connectivity index (χ4v) is 2.97. The Bertz CT molecular complexity index is 1160. The van der Waals surface area contributed by atoms with E-state index in [4.69, 9.17) is 0 Å². The Morgan fingerprint density at radius 2 is 1.46 bits per heavy atom. The van der Waals surface area contributed by atoms with Crippen LogP contribution in [0, 0.1) is 0 Å². The van der Waals surface area contributed by atoms with Crippen LogP contribution in [0.3, 0.4) is 0 Å². The Kier molecular flexibility index (Phi) is 4.76. The van der Waals surface area contributed by atoms with Gasteiger partial charge in [-0.1, -0.05) is 66.7 Å². The van der Waals surface area contributed by atoms with Crippen LogP contribution in [0.4, 0.5) is 5.82 Å². The maximum atomic E-state index is 13.0. The SMILES string of the molecule is O=C(Nc1ccccn1)c1c(-c2ccccc2)c(-c2ccccc2)n[nH]c1=O. The first kappa shape index (κ1) is 17.4. The van der Waals surface area contributed by atoms with Crippen molar-refractivity contribution in [2.24, 2.45) is 0 Å². The van der Waals surface area contributed by atoms with Gasteiger partial charge < -0.3 is 5.32 Å². The molecular weight excluding hydrogens is 352 g/mol. The lowest BCUT2D eigenvalue weighted by molar-refractivity contribution is 0.102. The molecular formula is C22H16N4O2. The number of carbonyl (C=O) groups is 1.